The highest BCUT2D eigenvalue weighted by Gasteiger charge is 2.22. The highest BCUT2D eigenvalue weighted by molar-refractivity contribution is 6.07. The van der Waals surface area contributed by atoms with Gasteiger partial charge < -0.3 is 15.6 Å². The Labute approximate surface area is 141 Å². The Bertz CT molecular complexity index is 780. The van der Waals surface area contributed by atoms with Crippen molar-refractivity contribution in [3.8, 4) is 5.75 Å². The van der Waals surface area contributed by atoms with Crippen LogP contribution in [0.3, 0.4) is 0 Å². The molecule has 128 valence electrons. The van der Waals surface area contributed by atoms with Gasteiger partial charge in [-0.15, -0.1) is 0 Å². The maximum absolute atomic E-state index is 11.6. The lowest BCUT2D eigenvalue weighted by Gasteiger charge is -2.18. The van der Waals surface area contributed by atoms with Crippen LogP contribution in [-0.4, -0.2) is 22.7 Å². The van der Waals surface area contributed by atoms with Gasteiger partial charge >= 0.3 is 5.97 Å². The average Bonchev–Trinajstić information content (AvgIpc) is 3.05. The fourth-order valence-corrected chi connectivity index (χ4v) is 3.62. The van der Waals surface area contributed by atoms with Crippen molar-refractivity contribution in [3.05, 3.63) is 29.0 Å². The minimum Gasteiger partial charge on any atom is -0.492 e. The van der Waals surface area contributed by atoms with Gasteiger partial charge in [-0.3, -0.25) is 4.98 Å². The summed E-state index contributed by atoms with van der Waals surface area (Å²) in [5.74, 6) is 0.223. The second-order valence-corrected chi connectivity index (χ2v) is 6.55. The van der Waals surface area contributed by atoms with Crippen molar-refractivity contribution in [3.63, 3.8) is 0 Å². The van der Waals surface area contributed by atoms with E-state index in [1.807, 2.05) is 12.1 Å². The van der Waals surface area contributed by atoms with Gasteiger partial charge in [-0.2, -0.15) is 0 Å². The van der Waals surface area contributed by atoms with Crippen LogP contribution in [0.4, 0.5) is 5.69 Å². The van der Waals surface area contributed by atoms with Crippen LogP contribution in [0, 0.1) is 12.8 Å². The van der Waals surface area contributed by atoms with Gasteiger partial charge in [0.25, 0.3) is 0 Å². The van der Waals surface area contributed by atoms with Gasteiger partial charge in [0.05, 0.1) is 28.9 Å². The number of ether oxygens (including phenoxy) is 1. The molecule has 0 bridgehead atoms. The minimum atomic E-state index is -1.05. The molecule has 3 N–H and O–H groups in total. The second kappa shape index (κ2) is 6.67. The van der Waals surface area contributed by atoms with Gasteiger partial charge in [0.1, 0.15) is 11.3 Å². The molecule has 5 nitrogen and oxygen atoms in total. The standard InChI is InChI=1S/C19H24N2O3/c1-3-13-8-9-14-16(17(20)15(19(22)23)11(2)21-14)18(13)24-10-12-6-4-5-7-12/h8-9,12H,3-7,10H2,1-2H3,(H2,20,21)(H,22,23). The topological polar surface area (TPSA) is 85.4 Å². The van der Waals surface area contributed by atoms with Gasteiger partial charge in [0.15, 0.2) is 0 Å². The first-order valence-electron chi connectivity index (χ1n) is 8.60. The van der Waals surface area contributed by atoms with E-state index in [0.29, 0.717) is 34.9 Å². The zero-order valence-electron chi connectivity index (χ0n) is 14.3. The Hall–Kier alpha value is -2.30. The van der Waals surface area contributed by atoms with E-state index in [4.69, 9.17) is 10.5 Å². The number of pyridine rings is 1. The Morgan fingerprint density at radius 3 is 2.71 bits per heavy atom. The third-order valence-electron chi connectivity index (χ3n) is 4.94. The molecule has 24 heavy (non-hydrogen) atoms. The molecule has 3 rings (SSSR count). The number of carbonyl (C=O) groups is 1. The number of carboxylic acid groups (broad SMARTS) is 1. The molecule has 1 heterocycles. The zero-order chi connectivity index (χ0) is 17.3. The zero-order valence-corrected chi connectivity index (χ0v) is 14.3. The van der Waals surface area contributed by atoms with E-state index in [-0.39, 0.29) is 11.3 Å². The van der Waals surface area contributed by atoms with Gasteiger partial charge in [-0.25, -0.2) is 4.79 Å². The summed E-state index contributed by atoms with van der Waals surface area (Å²) in [7, 11) is 0. The van der Waals surface area contributed by atoms with E-state index in [9.17, 15) is 9.90 Å². The molecule has 5 heteroatoms. The van der Waals surface area contributed by atoms with Crippen molar-refractivity contribution in [1.82, 2.24) is 4.98 Å². The number of benzene rings is 1. The number of hydrogen-bond donors (Lipinski definition) is 2. The molecular weight excluding hydrogens is 304 g/mol. The third kappa shape index (κ3) is 2.90. The Morgan fingerprint density at radius 1 is 1.38 bits per heavy atom. The van der Waals surface area contributed by atoms with Crippen molar-refractivity contribution in [2.24, 2.45) is 5.92 Å². The lowest BCUT2D eigenvalue weighted by atomic mass is 10.0. The summed E-state index contributed by atoms with van der Waals surface area (Å²) in [6.45, 7) is 4.38. The Morgan fingerprint density at radius 2 is 2.08 bits per heavy atom. The van der Waals surface area contributed by atoms with E-state index >= 15 is 0 Å². The van der Waals surface area contributed by atoms with Crippen molar-refractivity contribution < 1.29 is 14.6 Å². The monoisotopic (exact) mass is 328 g/mol. The van der Waals surface area contributed by atoms with Gasteiger partial charge in [0, 0.05) is 0 Å². The largest absolute Gasteiger partial charge is 0.492 e. The summed E-state index contributed by atoms with van der Waals surface area (Å²) < 4.78 is 6.17. The molecule has 2 aromatic rings. The van der Waals surface area contributed by atoms with E-state index < -0.39 is 5.97 Å². The minimum absolute atomic E-state index is 0.0708. The highest BCUT2D eigenvalue weighted by atomic mass is 16.5. The number of rotatable bonds is 5. The summed E-state index contributed by atoms with van der Waals surface area (Å²) in [5, 5.41) is 10.1. The highest BCUT2D eigenvalue weighted by Crippen LogP contribution is 2.37. The van der Waals surface area contributed by atoms with Crippen molar-refractivity contribution in [2.75, 3.05) is 12.3 Å². The first-order valence-corrected chi connectivity index (χ1v) is 8.60. The van der Waals surface area contributed by atoms with Crippen LogP contribution < -0.4 is 10.5 Å². The molecule has 1 aromatic carbocycles. The first kappa shape index (κ1) is 16.6. The molecule has 0 saturated heterocycles. The summed E-state index contributed by atoms with van der Waals surface area (Å²) in [6, 6.07) is 3.89. The van der Waals surface area contributed by atoms with Crippen LogP contribution in [0.25, 0.3) is 10.9 Å². The lowest BCUT2D eigenvalue weighted by Crippen LogP contribution is -2.12. The SMILES string of the molecule is CCc1ccc2nc(C)c(C(=O)O)c(N)c2c1OCC1CCCC1. The van der Waals surface area contributed by atoms with Crippen LogP contribution >= 0.6 is 0 Å². The predicted octanol–water partition coefficient (Wildman–Crippen LogP) is 3.96. The summed E-state index contributed by atoms with van der Waals surface area (Å²) >= 11 is 0. The van der Waals surface area contributed by atoms with Gasteiger partial charge in [-0.05, 0) is 43.7 Å². The molecule has 1 aromatic heterocycles. The summed E-state index contributed by atoms with van der Waals surface area (Å²) in [4.78, 5) is 16.0. The fraction of sp³-hybridized carbons (Fsp3) is 0.474. The van der Waals surface area contributed by atoms with Crippen molar-refractivity contribution >= 4 is 22.6 Å². The molecule has 0 amide bonds. The molecule has 0 spiro atoms. The van der Waals surface area contributed by atoms with Crippen LogP contribution in [0.2, 0.25) is 0 Å². The number of nitrogens with two attached hydrogens (primary N) is 1. The molecule has 1 aliphatic rings. The van der Waals surface area contributed by atoms with Gasteiger partial charge in [-0.1, -0.05) is 25.8 Å². The lowest BCUT2D eigenvalue weighted by molar-refractivity contribution is 0.0697. The molecule has 1 aliphatic carbocycles. The fourth-order valence-electron chi connectivity index (χ4n) is 3.62. The maximum Gasteiger partial charge on any atom is 0.339 e. The molecule has 0 atom stereocenters. The predicted molar refractivity (Wildman–Crippen MR) is 94.7 cm³/mol. The number of aromatic nitrogens is 1. The summed E-state index contributed by atoms with van der Waals surface area (Å²) in [6.07, 6.45) is 5.71. The number of nitrogen functional groups attached to an aromatic ring is 1. The Kier molecular flexibility index (Phi) is 4.60. The number of aryl methyl sites for hydroxylation is 2. The number of hydrogen-bond acceptors (Lipinski definition) is 4. The molecule has 0 unspecified atom stereocenters. The van der Waals surface area contributed by atoms with Crippen LogP contribution in [0.5, 0.6) is 5.75 Å². The molecule has 0 radical (unpaired) electrons. The average molecular weight is 328 g/mol. The second-order valence-electron chi connectivity index (χ2n) is 6.55. The smallest absolute Gasteiger partial charge is 0.339 e. The summed E-state index contributed by atoms with van der Waals surface area (Å²) in [5.41, 5.74) is 8.70. The quantitative estimate of drug-likeness (QED) is 0.868. The Balaban J connectivity index is 2.12. The first-order chi connectivity index (χ1) is 11.5. The van der Waals surface area contributed by atoms with Crippen LogP contribution in [0.15, 0.2) is 12.1 Å². The van der Waals surface area contributed by atoms with E-state index in [1.165, 1.54) is 25.7 Å². The van der Waals surface area contributed by atoms with Gasteiger partial charge in [0.2, 0.25) is 0 Å². The number of carboxylic acids is 1. The molecule has 1 fully saturated rings. The van der Waals surface area contributed by atoms with Crippen molar-refractivity contribution in [2.45, 2.75) is 46.0 Å². The normalized spacial score (nSPS) is 15.1. The van der Waals surface area contributed by atoms with Crippen LogP contribution in [-0.2, 0) is 6.42 Å². The molecular formula is C19H24N2O3. The van der Waals surface area contributed by atoms with E-state index in [0.717, 1.165) is 12.0 Å². The molecule has 0 aliphatic heterocycles. The number of aromatic carboxylic acids is 1. The maximum atomic E-state index is 11.6. The number of nitrogens with zero attached hydrogens (tertiary/aromatic N) is 1. The third-order valence-corrected chi connectivity index (χ3v) is 4.94. The van der Waals surface area contributed by atoms with Crippen LogP contribution in [0.1, 0.15) is 54.2 Å². The number of anilines is 1. The molecule has 1 saturated carbocycles. The number of fused-ring (bicyclic) bond motifs is 1. The van der Waals surface area contributed by atoms with Crippen molar-refractivity contribution in [1.29, 1.82) is 0 Å². The van der Waals surface area contributed by atoms with E-state index in [2.05, 4.69) is 11.9 Å². The van der Waals surface area contributed by atoms with E-state index in [1.54, 1.807) is 6.92 Å².